The van der Waals surface area contributed by atoms with Crippen molar-refractivity contribution in [1.29, 1.82) is 0 Å². The number of pyridine rings is 1. The number of hydrogen-bond donors (Lipinski definition) is 1. The smallest absolute Gasteiger partial charge is 0.295 e. The molecule has 0 spiro atoms. The van der Waals surface area contributed by atoms with E-state index in [1.807, 2.05) is 6.92 Å². The van der Waals surface area contributed by atoms with Gasteiger partial charge in [-0.25, -0.2) is 4.39 Å². The molecule has 3 aromatic rings. The van der Waals surface area contributed by atoms with Gasteiger partial charge in [-0.1, -0.05) is 30.3 Å². The third-order valence-corrected chi connectivity index (χ3v) is 5.57. The Morgan fingerprint density at radius 1 is 1.15 bits per heavy atom. The number of aliphatic hydroxyl groups excluding tert-OH is 1. The summed E-state index contributed by atoms with van der Waals surface area (Å²) in [5.74, 6) is -1.85. The first-order valence-corrected chi connectivity index (χ1v) is 10.6. The Labute approximate surface area is 191 Å². The number of likely N-dealkylation sites (tertiary alicyclic amines) is 1. The van der Waals surface area contributed by atoms with Crippen LogP contribution < -0.4 is 4.74 Å². The number of ketones is 1. The molecule has 0 unspecified atom stereocenters. The zero-order valence-corrected chi connectivity index (χ0v) is 18.3. The molecule has 2 aromatic carbocycles. The maximum Gasteiger partial charge on any atom is 0.295 e. The first-order valence-electron chi connectivity index (χ1n) is 10.6. The fraction of sp³-hybridized carbons (Fsp3) is 0.192. The molecule has 4 rings (SSSR count). The summed E-state index contributed by atoms with van der Waals surface area (Å²) >= 11 is 0. The molecule has 33 heavy (non-hydrogen) atoms. The molecule has 1 aliphatic heterocycles. The van der Waals surface area contributed by atoms with Gasteiger partial charge in [-0.3, -0.25) is 14.6 Å². The lowest BCUT2D eigenvalue weighted by molar-refractivity contribution is -0.140. The molecule has 0 radical (unpaired) electrons. The summed E-state index contributed by atoms with van der Waals surface area (Å²) in [6.07, 6.45) is 3.23. The normalized spacial score (nSPS) is 17.4. The molecular weight excluding hydrogens is 423 g/mol. The summed E-state index contributed by atoms with van der Waals surface area (Å²) in [6.45, 7) is 4.09. The summed E-state index contributed by atoms with van der Waals surface area (Å²) in [6, 6.07) is 13.9. The Hall–Kier alpha value is -4.00. The van der Waals surface area contributed by atoms with Crippen LogP contribution in [0.1, 0.15) is 35.2 Å². The van der Waals surface area contributed by atoms with Gasteiger partial charge in [0, 0.05) is 24.5 Å². The monoisotopic (exact) mass is 446 g/mol. The molecule has 0 saturated carbocycles. The van der Waals surface area contributed by atoms with E-state index in [-0.39, 0.29) is 17.7 Å². The van der Waals surface area contributed by atoms with Crippen molar-refractivity contribution in [3.05, 3.63) is 101 Å². The molecule has 1 aromatic heterocycles. The standard InChI is InChI=1S/C26H23FN2O4/c1-3-33-20-10-8-18(9-11-20)23-22(24(30)19-7-6-16(2)21(27)13-19)25(31)26(32)29(23)15-17-5-4-12-28-14-17/h4-14,23,30H,3,15H2,1-2H3/t23-/m1/s1. The van der Waals surface area contributed by atoms with Gasteiger partial charge in [0.05, 0.1) is 18.2 Å². The molecule has 0 bridgehead atoms. The van der Waals surface area contributed by atoms with E-state index < -0.39 is 29.3 Å². The Balaban J connectivity index is 1.84. The van der Waals surface area contributed by atoms with Gasteiger partial charge in [0.1, 0.15) is 17.3 Å². The van der Waals surface area contributed by atoms with Crippen molar-refractivity contribution in [1.82, 2.24) is 9.88 Å². The number of benzene rings is 2. The molecule has 2 heterocycles. The summed E-state index contributed by atoms with van der Waals surface area (Å²) < 4.78 is 19.7. The van der Waals surface area contributed by atoms with Crippen molar-refractivity contribution in [3.8, 4) is 5.75 Å². The number of amides is 1. The lowest BCUT2D eigenvalue weighted by Crippen LogP contribution is -2.29. The highest BCUT2D eigenvalue weighted by Crippen LogP contribution is 2.40. The average molecular weight is 446 g/mol. The molecular formula is C26H23FN2O4. The number of carbonyl (C=O) groups is 2. The Bertz CT molecular complexity index is 1220. The van der Waals surface area contributed by atoms with Crippen molar-refractivity contribution >= 4 is 17.4 Å². The summed E-state index contributed by atoms with van der Waals surface area (Å²) in [5.41, 5.74) is 1.81. The first-order chi connectivity index (χ1) is 15.9. The minimum atomic E-state index is -0.856. The van der Waals surface area contributed by atoms with Gasteiger partial charge in [-0.05, 0) is 54.8 Å². The molecule has 1 aliphatic rings. The number of aromatic nitrogens is 1. The van der Waals surface area contributed by atoms with E-state index in [0.717, 1.165) is 11.6 Å². The highest BCUT2D eigenvalue weighted by molar-refractivity contribution is 6.46. The van der Waals surface area contributed by atoms with Crippen LogP contribution in [0.5, 0.6) is 5.75 Å². The van der Waals surface area contributed by atoms with Gasteiger partial charge in [0.2, 0.25) is 0 Å². The Morgan fingerprint density at radius 2 is 1.91 bits per heavy atom. The highest BCUT2D eigenvalue weighted by Gasteiger charge is 2.46. The minimum Gasteiger partial charge on any atom is -0.507 e. The number of halogens is 1. The van der Waals surface area contributed by atoms with Crippen molar-refractivity contribution < 1.29 is 23.8 Å². The molecule has 1 saturated heterocycles. The summed E-state index contributed by atoms with van der Waals surface area (Å²) in [5, 5.41) is 11.1. The van der Waals surface area contributed by atoms with Crippen molar-refractivity contribution in [2.75, 3.05) is 6.61 Å². The van der Waals surface area contributed by atoms with Gasteiger partial charge in [-0.2, -0.15) is 0 Å². The zero-order valence-electron chi connectivity index (χ0n) is 18.3. The van der Waals surface area contributed by atoms with E-state index in [2.05, 4.69) is 4.98 Å². The molecule has 1 amide bonds. The van der Waals surface area contributed by atoms with E-state index in [4.69, 9.17) is 4.74 Å². The molecule has 1 atom stereocenters. The number of rotatable bonds is 6. The highest BCUT2D eigenvalue weighted by atomic mass is 19.1. The molecule has 6 nitrogen and oxygen atoms in total. The molecule has 168 valence electrons. The predicted octanol–water partition coefficient (Wildman–Crippen LogP) is 4.55. The van der Waals surface area contributed by atoms with Gasteiger partial charge in [0.15, 0.2) is 0 Å². The fourth-order valence-electron chi connectivity index (χ4n) is 3.89. The number of Topliss-reactive ketones (excluding diaryl/α,β-unsaturated/α-hetero) is 1. The summed E-state index contributed by atoms with van der Waals surface area (Å²) in [4.78, 5) is 31.6. The number of carbonyl (C=O) groups excluding carboxylic acids is 2. The lowest BCUT2D eigenvalue weighted by Gasteiger charge is -2.25. The van der Waals surface area contributed by atoms with Gasteiger partial charge < -0.3 is 14.7 Å². The van der Waals surface area contributed by atoms with Crippen LogP contribution in [-0.2, 0) is 16.1 Å². The van der Waals surface area contributed by atoms with E-state index in [9.17, 15) is 19.1 Å². The predicted molar refractivity (Wildman–Crippen MR) is 121 cm³/mol. The number of ether oxygens (including phenoxy) is 1. The van der Waals surface area contributed by atoms with Crippen LogP contribution in [0, 0.1) is 12.7 Å². The Kier molecular flexibility index (Phi) is 6.22. The maximum atomic E-state index is 14.2. The average Bonchev–Trinajstić information content (AvgIpc) is 3.07. The van der Waals surface area contributed by atoms with Crippen molar-refractivity contribution in [3.63, 3.8) is 0 Å². The summed E-state index contributed by atoms with van der Waals surface area (Å²) in [7, 11) is 0. The van der Waals surface area contributed by atoms with E-state index in [1.54, 1.807) is 55.7 Å². The van der Waals surface area contributed by atoms with Crippen LogP contribution in [0.15, 0.2) is 72.6 Å². The number of aryl methyl sites for hydroxylation is 1. The number of nitrogens with zero attached hydrogens (tertiary/aromatic N) is 2. The van der Waals surface area contributed by atoms with Gasteiger partial charge in [0.25, 0.3) is 11.7 Å². The van der Waals surface area contributed by atoms with Crippen LogP contribution in [-0.4, -0.2) is 33.3 Å². The van der Waals surface area contributed by atoms with E-state index in [0.29, 0.717) is 23.5 Å². The first kappa shape index (κ1) is 22.2. The van der Waals surface area contributed by atoms with Gasteiger partial charge >= 0.3 is 0 Å². The quantitative estimate of drug-likeness (QED) is 0.341. The van der Waals surface area contributed by atoms with Crippen LogP contribution in [0.25, 0.3) is 5.76 Å². The molecule has 7 heteroatoms. The third-order valence-electron chi connectivity index (χ3n) is 5.57. The van der Waals surface area contributed by atoms with Crippen LogP contribution in [0.3, 0.4) is 0 Å². The van der Waals surface area contributed by atoms with Crippen LogP contribution in [0.4, 0.5) is 4.39 Å². The van der Waals surface area contributed by atoms with E-state index >= 15 is 0 Å². The second-order valence-electron chi connectivity index (χ2n) is 7.75. The van der Waals surface area contributed by atoms with E-state index in [1.165, 1.54) is 17.0 Å². The zero-order chi connectivity index (χ0) is 23.5. The topological polar surface area (TPSA) is 79.7 Å². The third kappa shape index (κ3) is 4.35. The van der Waals surface area contributed by atoms with Crippen molar-refractivity contribution in [2.24, 2.45) is 0 Å². The number of aliphatic hydroxyl groups is 1. The Morgan fingerprint density at radius 3 is 2.55 bits per heavy atom. The second kappa shape index (κ2) is 9.24. The molecule has 0 aliphatic carbocycles. The SMILES string of the molecule is CCOc1ccc([C@@H]2C(=C(O)c3ccc(C)c(F)c3)C(=O)C(=O)N2Cc2cccnc2)cc1. The molecule has 1 N–H and O–H groups in total. The number of hydrogen-bond acceptors (Lipinski definition) is 5. The van der Waals surface area contributed by atoms with Gasteiger partial charge in [-0.15, -0.1) is 0 Å². The minimum absolute atomic E-state index is 0.0868. The largest absolute Gasteiger partial charge is 0.507 e. The second-order valence-corrected chi connectivity index (χ2v) is 7.75. The van der Waals surface area contributed by atoms with Crippen LogP contribution >= 0.6 is 0 Å². The maximum absolute atomic E-state index is 14.2. The fourth-order valence-corrected chi connectivity index (χ4v) is 3.89. The van der Waals surface area contributed by atoms with Crippen LogP contribution in [0.2, 0.25) is 0 Å². The van der Waals surface area contributed by atoms with Crippen molar-refractivity contribution in [2.45, 2.75) is 26.4 Å². The lowest BCUT2D eigenvalue weighted by atomic mass is 9.94. The molecule has 1 fully saturated rings.